The summed E-state index contributed by atoms with van der Waals surface area (Å²) in [5.41, 5.74) is 16.5. The third kappa shape index (κ3) is 7.21. The highest BCUT2D eigenvalue weighted by molar-refractivity contribution is 8.00. The quantitative estimate of drug-likeness (QED) is 0.0320. The van der Waals surface area contributed by atoms with Crippen LogP contribution < -0.4 is 22.5 Å². The summed E-state index contributed by atoms with van der Waals surface area (Å²) in [6.45, 7) is 0. The number of phenolic OH excluding ortho intramolecular Hbond substituents is 2. The molecule has 0 aliphatic carbocycles. The average Bonchev–Trinajstić information content (AvgIpc) is 3.45. The van der Waals surface area contributed by atoms with Gasteiger partial charge in [0.2, 0.25) is 6.10 Å². The molecule has 5 rings (SSSR count). The van der Waals surface area contributed by atoms with E-state index in [9.17, 15) is 39.6 Å². The van der Waals surface area contributed by atoms with Gasteiger partial charge in [0.1, 0.15) is 34.4 Å². The lowest BCUT2D eigenvalue weighted by Gasteiger charge is -2.49. The topological polar surface area (TPSA) is 303 Å². The van der Waals surface area contributed by atoms with Crippen LogP contribution in [0.1, 0.15) is 17.4 Å². The number of hydrogen-bond donors (Lipinski definition) is 8. The first-order valence-electron chi connectivity index (χ1n) is 13.4. The Morgan fingerprint density at radius 3 is 2.48 bits per heavy atom. The standard InChI is InChI=1S/C27H25N9O9S3/c28-15-7-16(29)33-27(32-15)46-5-1-2-11-8-47-23-18(22(40)36(23)19(11)24(41)42)34-21(39)17(12-9-48-26(30)31-12)35-45-20(25(43)44)10-3-4-13(37)14(38)6-10/h1-4,6-7,9,18,20,23,37-38H,5,8H2,(H2,30,31)(H,34,39)(H,41,42)(H,43,44)(H4,28,29,32,33)/b2-1+,35-17+/t18-,20+,23-/m1/s1. The number of amides is 2. The van der Waals surface area contributed by atoms with Crippen molar-refractivity contribution >= 4 is 81.1 Å². The molecule has 250 valence electrons. The first kappa shape index (κ1) is 33.8. The molecule has 48 heavy (non-hydrogen) atoms. The van der Waals surface area contributed by atoms with E-state index in [0.29, 0.717) is 16.5 Å². The Labute approximate surface area is 282 Å². The Balaban J connectivity index is 1.32. The number of fused-ring (bicyclic) bond motifs is 1. The Morgan fingerprint density at radius 1 is 1.12 bits per heavy atom. The lowest BCUT2D eigenvalue weighted by molar-refractivity contribution is -0.151. The Morgan fingerprint density at radius 2 is 1.85 bits per heavy atom. The van der Waals surface area contributed by atoms with E-state index in [0.717, 1.165) is 28.4 Å². The first-order valence-corrected chi connectivity index (χ1v) is 16.4. The van der Waals surface area contributed by atoms with Crippen LogP contribution in [0.3, 0.4) is 0 Å². The van der Waals surface area contributed by atoms with Gasteiger partial charge in [-0.3, -0.25) is 14.5 Å². The van der Waals surface area contributed by atoms with E-state index in [1.807, 2.05) is 0 Å². The molecule has 3 aromatic rings. The van der Waals surface area contributed by atoms with Crippen molar-refractivity contribution < 1.29 is 44.4 Å². The van der Waals surface area contributed by atoms with Crippen LogP contribution in [-0.2, 0) is 24.0 Å². The molecule has 2 aliphatic heterocycles. The maximum absolute atomic E-state index is 13.4. The minimum Gasteiger partial charge on any atom is -0.504 e. The molecule has 4 heterocycles. The molecule has 0 spiro atoms. The largest absolute Gasteiger partial charge is 0.504 e. The number of carbonyl (C=O) groups excluding carboxylic acids is 2. The average molecular weight is 716 g/mol. The summed E-state index contributed by atoms with van der Waals surface area (Å²) in [4.78, 5) is 69.3. The van der Waals surface area contributed by atoms with E-state index in [2.05, 4.69) is 25.4 Å². The maximum Gasteiger partial charge on any atom is 0.352 e. The van der Waals surface area contributed by atoms with E-state index in [1.54, 1.807) is 12.2 Å². The Kier molecular flexibility index (Phi) is 9.91. The zero-order valence-corrected chi connectivity index (χ0v) is 26.7. The van der Waals surface area contributed by atoms with E-state index in [1.165, 1.54) is 41.0 Å². The molecule has 21 heteroatoms. The predicted molar refractivity (Wildman–Crippen MR) is 175 cm³/mol. The van der Waals surface area contributed by atoms with Crippen molar-refractivity contribution in [2.75, 3.05) is 28.7 Å². The van der Waals surface area contributed by atoms with Crippen LogP contribution in [0.15, 0.2) is 63.4 Å². The van der Waals surface area contributed by atoms with Gasteiger partial charge in [-0.25, -0.2) is 24.5 Å². The molecule has 2 aliphatic rings. The van der Waals surface area contributed by atoms with E-state index in [4.69, 9.17) is 22.0 Å². The first-order chi connectivity index (χ1) is 22.8. The van der Waals surface area contributed by atoms with Crippen LogP contribution in [0.5, 0.6) is 11.5 Å². The number of anilines is 3. The summed E-state index contributed by atoms with van der Waals surface area (Å²) in [7, 11) is 0. The molecule has 18 nitrogen and oxygen atoms in total. The second-order valence-corrected chi connectivity index (χ2v) is 12.8. The fourth-order valence-corrected chi connectivity index (χ4v) is 7.03. The number of rotatable bonds is 12. The molecule has 0 saturated carbocycles. The van der Waals surface area contributed by atoms with E-state index >= 15 is 0 Å². The number of carbonyl (C=O) groups is 4. The smallest absolute Gasteiger partial charge is 0.352 e. The Bertz CT molecular complexity index is 1880. The molecule has 11 N–H and O–H groups in total. The second-order valence-electron chi connectivity index (χ2n) is 9.84. The van der Waals surface area contributed by atoms with Gasteiger partial charge >= 0.3 is 11.9 Å². The van der Waals surface area contributed by atoms with E-state index < -0.39 is 58.5 Å². The van der Waals surface area contributed by atoms with Gasteiger partial charge in [-0.15, -0.1) is 23.1 Å². The Hall–Kier alpha value is -5.54. The number of aromatic hydroxyl groups is 2. The number of nitrogens with zero attached hydrogens (tertiary/aromatic N) is 5. The number of hydrogen-bond acceptors (Lipinski definition) is 17. The van der Waals surface area contributed by atoms with Gasteiger partial charge in [-0.2, -0.15) is 0 Å². The number of aromatic nitrogens is 3. The molecule has 0 radical (unpaired) electrons. The zero-order chi connectivity index (χ0) is 34.7. The minimum atomic E-state index is -1.82. The molecule has 3 atom stereocenters. The SMILES string of the molecule is Nc1cc(N)nc(SC/C=C/C2=C(C(=O)O)N3C(=O)[C@@H](NC(=O)/C(=N/O[C@H](C(=O)O)c4ccc(O)c(O)c4)c4csc(N)n4)[C@H]3SC2)n1. The van der Waals surface area contributed by atoms with Gasteiger partial charge in [0.25, 0.3) is 11.8 Å². The van der Waals surface area contributed by atoms with Crippen molar-refractivity contribution in [3.8, 4) is 11.5 Å². The highest BCUT2D eigenvalue weighted by Crippen LogP contribution is 2.41. The molecule has 2 aromatic heterocycles. The summed E-state index contributed by atoms with van der Waals surface area (Å²) in [6, 6.07) is 3.41. The number of benzene rings is 1. The number of nitrogen functional groups attached to an aromatic ring is 3. The van der Waals surface area contributed by atoms with Gasteiger partial charge in [-0.05, 0) is 17.7 Å². The normalized spacial score (nSPS) is 18.3. The van der Waals surface area contributed by atoms with Crippen molar-refractivity contribution in [1.82, 2.24) is 25.2 Å². The molecule has 1 aromatic carbocycles. The van der Waals surface area contributed by atoms with Gasteiger partial charge in [-0.1, -0.05) is 35.1 Å². The fourth-order valence-electron chi connectivity index (χ4n) is 4.48. The highest BCUT2D eigenvalue weighted by Gasteiger charge is 2.54. The lowest BCUT2D eigenvalue weighted by atomic mass is 10.0. The summed E-state index contributed by atoms with van der Waals surface area (Å²) >= 11 is 3.39. The van der Waals surface area contributed by atoms with E-state index in [-0.39, 0.29) is 39.5 Å². The molecule has 0 unspecified atom stereocenters. The third-order valence-electron chi connectivity index (χ3n) is 6.62. The molecular formula is C27H25N9O9S3. The third-order valence-corrected chi connectivity index (χ3v) is 9.39. The molecule has 1 saturated heterocycles. The molecule has 2 amide bonds. The van der Waals surface area contributed by atoms with Crippen molar-refractivity contribution in [1.29, 1.82) is 0 Å². The fraction of sp³-hybridized carbons (Fsp3) is 0.185. The number of aliphatic carboxylic acids is 2. The number of phenols is 2. The van der Waals surface area contributed by atoms with Gasteiger partial charge in [0.15, 0.2) is 27.5 Å². The number of thioether (sulfide) groups is 2. The number of carboxylic acids is 2. The number of nitrogens with two attached hydrogens (primary N) is 3. The molecular weight excluding hydrogens is 691 g/mol. The number of thiazole rings is 1. The van der Waals surface area contributed by atoms with Crippen LogP contribution in [0, 0.1) is 0 Å². The van der Waals surface area contributed by atoms with Crippen LogP contribution in [0.2, 0.25) is 0 Å². The van der Waals surface area contributed by atoms with Crippen LogP contribution in [0.4, 0.5) is 16.8 Å². The second kappa shape index (κ2) is 14.1. The summed E-state index contributed by atoms with van der Waals surface area (Å²) in [5, 5.41) is 46.2. The summed E-state index contributed by atoms with van der Waals surface area (Å²) in [6.07, 6.45) is 1.44. The van der Waals surface area contributed by atoms with Gasteiger partial charge in [0.05, 0.1) is 0 Å². The van der Waals surface area contributed by atoms with Crippen LogP contribution >= 0.6 is 34.9 Å². The van der Waals surface area contributed by atoms with Crippen LogP contribution in [0.25, 0.3) is 0 Å². The van der Waals surface area contributed by atoms with Crippen molar-refractivity contribution in [3.63, 3.8) is 0 Å². The maximum atomic E-state index is 13.4. The molecule has 1 fully saturated rings. The van der Waals surface area contributed by atoms with Gasteiger partial charge in [0, 0.05) is 28.5 Å². The monoisotopic (exact) mass is 715 g/mol. The summed E-state index contributed by atoms with van der Waals surface area (Å²) < 4.78 is 0. The lowest BCUT2D eigenvalue weighted by Crippen LogP contribution is -2.71. The molecule has 0 bridgehead atoms. The number of oxime groups is 1. The minimum absolute atomic E-state index is 0.0530. The number of nitrogens with one attached hydrogen (secondary N) is 1. The predicted octanol–water partition coefficient (Wildman–Crippen LogP) is 0.725. The van der Waals surface area contributed by atoms with Crippen molar-refractivity contribution in [3.05, 3.63) is 64.3 Å². The number of carboxylic acid groups (broad SMARTS) is 2. The number of allylic oxidation sites excluding steroid dienone is 1. The van der Waals surface area contributed by atoms with Crippen LogP contribution in [-0.4, -0.2) is 92.7 Å². The summed E-state index contributed by atoms with van der Waals surface area (Å²) in [5.74, 6) is -4.72. The number of β-lactam (4-membered cyclic amide) rings is 1. The highest BCUT2D eigenvalue weighted by atomic mass is 32.2. The van der Waals surface area contributed by atoms with Crippen molar-refractivity contribution in [2.45, 2.75) is 22.7 Å². The zero-order valence-electron chi connectivity index (χ0n) is 24.2. The van der Waals surface area contributed by atoms with Crippen molar-refractivity contribution in [2.24, 2.45) is 5.16 Å². The van der Waals surface area contributed by atoms with Gasteiger partial charge < -0.3 is 47.8 Å².